The quantitative estimate of drug-likeness (QED) is 0.494. The third-order valence-electron chi connectivity index (χ3n) is 2.68. The average Bonchev–Trinajstić information content (AvgIpc) is 2.91. The molecule has 0 bridgehead atoms. The first-order chi connectivity index (χ1) is 7.03. The van der Waals surface area contributed by atoms with Crippen LogP contribution in [0.2, 0.25) is 0 Å². The molecule has 1 fully saturated rings. The second kappa shape index (κ2) is 6.06. The molecule has 0 spiro atoms. The van der Waals surface area contributed by atoms with E-state index in [1.165, 1.54) is 0 Å². The summed E-state index contributed by atoms with van der Waals surface area (Å²) in [5, 5.41) is 0. The van der Waals surface area contributed by atoms with Crippen LogP contribution in [0.5, 0.6) is 0 Å². The molecule has 0 aromatic heterocycles. The van der Waals surface area contributed by atoms with Crippen molar-refractivity contribution in [1.29, 1.82) is 0 Å². The van der Waals surface area contributed by atoms with Crippen LogP contribution in [-0.4, -0.2) is 27.4 Å². The van der Waals surface area contributed by atoms with Crippen LogP contribution in [0.3, 0.4) is 0 Å². The van der Waals surface area contributed by atoms with Crippen molar-refractivity contribution in [3.8, 4) is 0 Å². The number of hydrogen-bond donors (Lipinski definition) is 0. The highest BCUT2D eigenvalue weighted by Crippen LogP contribution is 2.38. The van der Waals surface area contributed by atoms with Crippen LogP contribution in [0.1, 0.15) is 32.6 Å². The Morgan fingerprint density at radius 1 is 1.47 bits per heavy atom. The molecule has 1 aliphatic rings. The molecule has 0 radical (unpaired) electrons. The summed E-state index contributed by atoms with van der Waals surface area (Å²) in [5.41, 5.74) is 0. The molecule has 5 heteroatoms. The molecule has 0 aromatic rings. The zero-order valence-electron chi connectivity index (χ0n) is 9.12. The molecule has 90 valence electrons. The van der Waals surface area contributed by atoms with Crippen molar-refractivity contribution in [2.24, 2.45) is 11.8 Å². The van der Waals surface area contributed by atoms with Crippen molar-refractivity contribution in [3.63, 3.8) is 0 Å². The first kappa shape index (κ1) is 13.3. The zero-order chi connectivity index (χ0) is 11.3. The fourth-order valence-electron chi connectivity index (χ4n) is 1.62. The van der Waals surface area contributed by atoms with Gasteiger partial charge in [-0.3, -0.25) is 0 Å². The maximum absolute atomic E-state index is 11.0. The Labute approximate surface area is 96.6 Å². The van der Waals surface area contributed by atoms with Gasteiger partial charge in [-0.05, 0) is 25.2 Å². The Morgan fingerprint density at radius 3 is 2.60 bits per heavy atom. The second-order valence-electron chi connectivity index (χ2n) is 4.23. The molecule has 1 atom stereocenters. The molecular formula is C10H19ClO3S. The topological polar surface area (TPSA) is 43.4 Å². The largest absolute Gasteiger partial charge is 0.381 e. The highest BCUT2D eigenvalue weighted by Gasteiger charge is 2.33. The van der Waals surface area contributed by atoms with E-state index >= 15 is 0 Å². The van der Waals surface area contributed by atoms with E-state index in [1.54, 1.807) is 0 Å². The van der Waals surface area contributed by atoms with Crippen molar-refractivity contribution < 1.29 is 13.2 Å². The predicted molar refractivity (Wildman–Crippen MR) is 61.6 cm³/mol. The van der Waals surface area contributed by atoms with E-state index in [9.17, 15) is 8.42 Å². The van der Waals surface area contributed by atoms with Gasteiger partial charge in [-0.2, -0.15) is 0 Å². The fourth-order valence-corrected chi connectivity index (χ4v) is 2.99. The van der Waals surface area contributed by atoms with Crippen LogP contribution in [-0.2, 0) is 13.8 Å². The van der Waals surface area contributed by atoms with Gasteiger partial charge in [-0.15, -0.1) is 0 Å². The third kappa shape index (κ3) is 6.38. The standard InChI is InChI=1S/C10H19ClO3S/c1-2-3-6-14-7-10(9-4-5-9)8-15(11,12)13/h9-10H,2-8H2,1H3. The van der Waals surface area contributed by atoms with Crippen molar-refractivity contribution >= 4 is 19.7 Å². The Morgan fingerprint density at radius 2 is 2.13 bits per heavy atom. The minimum absolute atomic E-state index is 0.0609. The van der Waals surface area contributed by atoms with E-state index in [2.05, 4.69) is 6.92 Å². The van der Waals surface area contributed by atoms with Crippen LogP contribution in [0.25, 0.3) is 0 Å². The Balaban J connectivity index is 2.25. The lowest BCUT2D eigenvalue weighted by molar-refractivity contribution is 0.0967. The first-order valence-corrected chi connectivity index (χ1v) is 8.01. The van der Waals surface area contributed by atoms with Crippen molar-refractivity contribution in [3.05, 3.63) is 0 Å². The number of rotatable bonds is 8. The summed E-state index contributed by atoms with van der Waals surface area (Å²) < 4.78 is 27.4. The van der Waals surface area contributed by atoms with Crippen molar-refractivity contribution in [2.75, 3.05) is 19.0 Å². The summed E-state index contributed by atoms with van der Waals surface area (Å²) in [6.45, 7) is 3.36. The summed E-state index contributed by atoms with van der Waals surface area (Å²) in [6, 6.07) is 0. The van der Waals surface area contributed by atoms with Gasteiger partial charge in [0, 0.05) is 23.2 Å². The van der Waals surface area contributed by atoms with E-state index in [-0.39, 0.29) is 11.7 Å². The van der Waals surface area contributed by atoms with Gasteiger partial charge in [0.25, 0.3) is 0 Å². The van der Waals surface area contributed by atoms with Crippen LogP contribution < -0.4 is 0 Å². The van der Waals surface area contributed by atoms with Gasteiger partial charge >= 0.3 is 0 Å². The summed E-state index contributed by atoms with van der Waals surface area (Å²) >= 11 is 0. The highest BCUT2D eigenvalue weighted by atomic mass is 35.7. The Bertz CT molecular complexity index is 272. The van der Waals surface area contributed by atoms with Gasteiger partial charge in [-0.25, -0.2) is 8.42 Å². The molecular weight excluding hydrogens is 236 g/mol. The van der Waals surface area contributed by atoms with E-state index in [1.807, 2.05) is 0 Å². The SMILES string of the molecule is CCCCOCC(CS(=O)(=O)Cl)C1CC1. The molecule has 0 aliphatic heterocycles. The van der Waals surface area contributed by atoms with Gasteiger partial charge in [0.05, 0.1) is 12.4 Å². The molecule has 0 amide bonds. The first-order valence-electron chi connectivity index (χ1n) is 5.53. The number of halogens is 1. The second-order valence-corrected chi connectivity index (χ2v) is 7.05. The number of unbranched alkanes of at least 4 members (excludes halogenated alkanes) is 1. The van der Waals surface area contributed by atoms with Crippen molar-refractivity contribution in [1.82, 2.24) is 0 Å². The normalized spacial score (nSPS) is 19.1. The van der Waals surface area contributed by atoms with E-state index in [0.717, 1.165) is 32.3 Å². The van der Waals surface area contributed by atoms with Crippen LogP contribution in [0, 0.1) is 11.8 Å². The lowest BCUT2D eigenvalue weighted by atomic mass is 10.1. The third-order valence-corrected chi connectivity index (χ3v) is 3.88. The highest BCUT2D eigenvalue weighted by molar-refractivity contribution is 8.13. The summed E-state index contributed by atoms with van der Waals surface area (Å²) in [7, 11) is 1.88. The Hall–Kier alpha value is 0.200. The zero-order valence-corrected chi connectivity index (χ0v) is 10.7. The molecule has 1 unspecified atom stereocenters. The monoisotopic (exact) mass is 254 g/mol. The van der Waals surface area contributed by atoms with Gasteiger partial charge in [0.1, 0.15) is 0 Å². The summed E-state index contributed by atoms with van der Waals surface area (Å²) in [4.78, 5) is 0. The predicted octanol–water partition coefficient (Wildman–Crippen LogP) is 2.40. The van der Waals surface area contributed by atoms with Crippen LogP contribution in [0.4, 0.5) is 0 Å². The van der Waals surface area contributed by atoms with Gasteiger partial charge < -0.3 is 4.74 Å². The summed E-state index contributed by atoms with van der Waals surface area (Å²) in [6.07, 6.45) is 4.37. The van der Waals surface area contributed by atoms with Gasteiger partial charge in [0.2, 0.25) is 9.05 Å². The van der Waals surface area contributed by atoms with Crippen LogP contribution in [0.15, 0.2) is 0 Å². The molecule has 1 rings (SSSR count). The lowest BCUT2D eigenvalue weighted by Gasteiger charge is -2.14. The van der Waals surface area contributed by atoms with E-state index in [4.69, 9.17) is 15.4 Å². The summed E-state index contributed by atoms with van der Waals surface area (Å²) in [5.74, 6) is 0.676. The van der Waals surface area contributed by atoms with E-state index < -0.39 is 9.05 Å². The minimum atomic E-state index is -3.38. The van der Waals surface area contributed by atoms with Crippen molar-refractivity contribution in [2.45, 2.75) is 32.6 Å². The maximum Gasteiger partial charge on any atom is 0.232 e. The van der Waals surface area contributed by atoms with Gasteiger partial charge in [-0.1, -0.05) is 13.3 Å². The van der Waals surface area contributed by atoms with Gasteiger partial charge in [0.15, 0.2) is 0 Å². The maximum atomic E-state index is 11.0. The van der Waals surface area contributed by atoms with Crippen LogP contribution >= 0.6 is 10.7 Å². The molecule has 3 nitrogen and oxygen atoms in total. The molecule has 0 heterocycles. The molecule has 0 aromatic carbocycles. The lowest BCUT2D eigenvalue weighted by Crippen LogP contribution is -2.20. The number of ether oxygens (including phenoxy) is 1. The average molecular weight is 255 g/mol. The molecule has 1 aliphatic carbocycles. The van der Waals surface area contributed by atoms with E-state index in [0.29, 0.717) is 12.5 Å². The molecule has 0 saturated heterocycles. The molecule has 0 N–H and O–H groups in total. The fraction of sp³-hybridized carbons (Fsp3) is 1.00. The number of hydrogen-bond acceptors (Lipinski definition) is 3. The molecule has 15 heavy (non-hydrogen) atoms. The Kier molecular flexibility index (Phi) is 5.36. The minimum Gasteiger partial charge on any atom is -0.381 e. The molecule has 1 saturated carbocycles. The smallest absolute Gasteiger partial charge is 0.232 e.